The van der Waals surface area contributed by atoms with Crippen LogP contribution in [0.4, 0.5) is 0 Å². The maximum absolute atomic E-state index is 11.9. The van der Waals surface area contributed by atoms with E-state index >= 15 is 0 Å². The Morgan fingerprint density at radius 3 is 2.86 bits per heavy atom. The van der Waals surface area contributed by atoms with Crippen molar-refractivity contribution in [2.45, 2.75) is 57.1 Å². The van der Waals surface area contributed by atoms with E-state index in [2.05, 4.69) is 5.32 Å². The van der Waals surface area contributed by atoms with Crippen LogP contribution in [0.5, 0.6) is 5.75 Å². The summed E-state index contributed by atoms with van der Waals surface area (Å²) < 4.78 is 5.79. The van der Waals surface area contributed by atoms with Crippen molar-refractivity contribution in [2.24, 2.45) is 0 Å². The molecule has 3 rings (SSSR count). The molecule has 0 aromatic heterocycles. The largest absolute Gasteiger partial charge is 0.491 e. The number of rotatable bonds is 6. The number of nitrogens with one attached hydrogen (secondary N) is 1. The van der Waals surface area contributed by atoms with Gasteiger partial charge < -0.3 is 15.2 Å². The lowest BCUT2D eigenvalue weighted by Gasteiger charge is -2.20. The Hall–Kier alpha value is -1.39. The van der Waals surface area contributed by atoms with E-state index in [0.717, 1.165) is 29.7 Å². The molecule has 1 atom stereocenters. The SMILES string of the molecule is O=C1CCCc2c(OC[C@@H](O)CNC3CCCC3)cccc21. The van der Waals surface area contributed by atoms with Gasteiger partial charge in [0.2, 0.25) is 0 Å². The minimum atomic E-state index is -0.518. The normalized spacial score (nSPS) is 20.0. The van der Waals surface area contributed by atoms with Crippen molar-refractivity contribution in [2.75, 3.05) is 13.2 Å². The fraction of sp³-hybridized carbons (Fsp3) is 0.611. The van der Waals surface area contributed by atoms with Crippen LogP contribution in [0.3, 0.4) is 0 Å². The quantitative estimate of drug-likeness (QED) is 0.847. The average molecular weight is 303 g/mol. The fourth-order valence-corrected chi connectivity index (χ4v) is 3.46. The molecule has 1 aromatic carbocycles. The highest BCUT2D eigenvalue weighted by Gasteiger charge is 2.21. The van der Waals surface area contributed by atoms with Crippen molar-refractivity contribution in [3.63, 3.8) is 0 Å². The van der Waals surface area contributed by atoms with E-state index in [1.807, 2.05) is 18.2 Å². The number of aliphatic hydroxyl groups is 1. The second-order valence-electron chi connectivity index (χ2n) is 6.41. The number of aliphatic hydroxyl groups excluding tert-OH is 1. The van der Waals surface area contributed by atoms with Crippen molar-refractivity contribution in [3.05, 3.63) is 29.3 Å². The van der Waals surface area contributed by atoms with Gasteiger partial charge in [-0.25, -0.2) is 0 Å². The number of fused-ring (bicyclic) bond motifs is 1. The van der Waals surface area contributed by atoms with Gasteiger partial charge in [0, 0.05) is 30.1 Å². The minimum Gasteiger partial charge on any atom is -0.491 e. The van der Waals surface area contributed by atoms with Gasteiger partial charge in [-0.2, -0.15) is 0 Å². The summed E-state index contributed by atoms with van der Waals surface area (Å²) in [5, 5.41) is 13.5. The maximum atomic E-state index is 11.9. The molecular weight excluding hydrogens is 278 g/mol. The van der Waals surface area contributed by atoms with Crippen molar-refractivity contribution in [1.29, 1.82) is 0 Å². The second kappa shape index (κ2) is 7.25. The Balaban J connectivity index is 1.52. The van der Waals surface area contributed by atoms with E-state index in [1.54, 1.807) is 0 Å². The van der Waals surface area contributed by atoms with Crippen molar-refractivity contribution < 1.29 is 14.6 Å². The zero-order chi connectivity index (χ0) is 15.4. The Morgan fingerprint density at radius 2 is 2.05 bits per heavy atom. The van der Waals surface area contributed by atoms with E-state index in [9.17, 15) is 9.90 Å². The highest BCUT2D eigenvalue weighted by atomic mass is 16.5. The van der Waals surface area contributed by atoms with Crippen LogP contribution in [0.1, 0.15) is 54.4 Å². The van der Waals surface area contributed by atoms with Gasteiger partial charge in [0.05, 0.1) is 0 Å². The number of hydrogen-bond donors (Lipinski definition) is 2. The predicted octanol–water partition coefficient (Wildman–Crippen LogP) is 2.48. The van der Waals surface area contributed by atoms with Crippen molar-refractivity contribution >= 4 is 5.78 Å². The van der Waals surface area contributed by atoms with Crippen LogP contribution in [-0.2, 0) is 6.42 Å². The molecule has 0 aliphatic heterocycles. The lowest BCUT2D eigenvalue weighted by molar-refractivity contribution is 0.0963. The summed E-state index contributed by atoms with van der Waals surface area (Å²) in [6.07, 6.45) is 6.87. The highest BCUT2D eigenvalue weighted by molar-refractivity contribution is 5.99. The van der Waals surface area contributed by atoms with Crippen molar-refractivity contribution in [3.8, 4) is 5.75 Å². The zero-order valence-corrected chi connectivity index (χ0v) is 13.0. The summed E-state index contributed by atoms with van der Waals surface area (Å²) in [4.78, 5) is 11.9. The fourth-order valence-electron chi connectivity index (χ4n) is 3.46. The topological polar surface area (TPSA) is 58.6 Å². The molecule has 0 amide bonds. The van der Waals surface area contributed by atoms with Gasteiger partial charge in [0.1, 0.15) is 18.5 Å². The van der Waals surface area contributed by atoms with Gasteiger partial charge >= 0.3 is 0 Å². The number of ether oxygens (including phenoxy) is 1. The predicted molar refractivity (Wildman–Crippen MR) is 85.5 cm³/mol. The first-order valence-electron chi connectivity index (χ1n) is 8.43. The van der Waals surface area contributed by atoms with E-state index in [4.69, 9.17) is 4.74 Å². The number of carbonyl (C=O) groups is 1. The lowest BCUT2D eigenvalue weighted by atomic mass is 9.90. The number of hydrogen-bond acceptors (Lipinski definition) is 4. The summed E-state index contributed by atoms with van der Waals surface area (Å²) in [5.41, 5.74) is 1.80. The highest BCUT2D eigenvalue weighted by Crippen LogP contribution is 2.29. The van der Waals surface area contributed by atoms with Crippen LogP contribution in [0, 0.1) is 0 Å². The number of carbonyl (C=O) groups excluding carboxylic acids is 1. The number of benzene rings is 1. The molecule has 4 heteroatoms. The maximum Gasteiger partial charge on any atom is 0.163 e. The molecule has 120 valence electrons. The molecule has 0 radical (unpaired) electrons. The first-order chi connectivity index (χ1) is 10.7. The summed E-state index contributed by atoms with van der Waals surface area (Å²) in [5.74, 6) is 0.959. The molecule has 0 spiro atoms. The zero-order valence-electron chi connectivity index (χ0n) is 13.0. The van der Waals surface area contributed by atoms with Gasteiger partial charge in [0.25, 0.3) is 0 Å². The Kier molecular flexibility index (Phi) is 5.11. The molecule has 0 unspecified atom stereocenters. The van der Waals surface area contributed by atoms with Gasteiger partial charge in [-0.05, 0) is 31.7 Å². The molecule has 0 saturated heterocycles. The smallest absolute Gasteiger partial charge is 0.163 e. The molecular formula is C18H25NO3. The standard InChI is InChI=1S/C18H25NO3/c20-14(11-19-13-5-1-2-6-13)12-22-18-10-4-7-15-16(18)8-3-9-17(15)21/h4,7,10,13-14,19-20H,1-3,5-6,8-9,11-12H2/t14-/m0/s1. The van der Waals surface area contributed by atoms with E-state index in [0.29, 0.717) is 19.0 Å². The van der Waals surface area contributed by atoms with Gasteiger partial charge in [-0.1, -0.05) is 25.0 Å². The van der Waals surface area contributed by atoms with E-state index in [1.165, 1.54) is 25.7 Å². The third kappa shape index (κ3) is 3.68. The molecule has 4 nitrogen and oxygen atoms in total. The van der Waals surface area contributed by atoms with Crippen LogP contribution in [-0.4, -0.2) is 36.2 Å². The molecule has 0 heterocycles. The van der Waals surface area contributed by atoms with Crippen LogP contribution < -0.4 is 10.1 Å². The number of Topliss-reactive ketones (excluding diaryl/α,β-unsaturated/α-hetero) is 1. The first-order valence-corrected chi connectivity index (χ1v) is 8.43. The molecule has 1 saturated carbocycles. The third-order valence-electron chi connectivity index (χ3n) is 4.69. The van der Waals surface area contributed by atoms with Crippen LogP contribution in [0.2, 0.25) is 0 Å². The minimum absolute atomic E-state index is 0.204. The van der Waals surface area contributed by atoms with Gasteiger partial charge in [-0.3, -0.25) is 4.79 Å². The summed E-state index contributed by atoms with van der Waals surface area (Å²) in [7, 11) is 0. The molecule has 1 fully saturated rings. The molecule has 2 aliphatic rings. The van der Waals surface area contributed by atoms with Gasteiger partial charge in [-0.15, -0.1) is 0 Å². The summed E-state index contributed by atoms with van der Waals surface area (Å²) in [6.45, 7) is 0.836. The molecule has 1 aromatic rings. The Bertz CT molecular complexity index is 523. The third-order valence-corrected chi connectivity index (χ3v) is 4.69. The molecule has 2 aliphatic carbocycles. The summed E-state index contributed by atoms with van der Waals surface area (Å²) >= 11 is 0. The first kappa shape index (κ1) is 15.5. The average Bonchev–Trinajstić information content (AvgIpc) is 3.05. The monoisotopic (exact) mass is 303 g/mol. The Morgan fingerprint density at radius 1 is 1.23 bits per heavy atom. The van der Waals surface area contributed by atoms with Crippen LogP contribution in [0.25, 0.3) is 0 Å². The molecule has 22 heavy (non-hydrogen) atoms. The summed E-state index contributed by atoms with van der Waals surface area (Å²) in [6, 6.07) is 6.19. The molecule has 2 N–H and O–H groups in total. The molecule has 0 bridgehead atoms. The van der Waals surface area contributed by atoms with E-state index < -0.39 is 6.10 Å². The second-order valence-corrected chi connectivity index (χ2v) is 6.41. The van der Waals surface area contributed by atoms with Gasteiger partial charge in [0.15, 0.2) is 5.78 Å². The van der Waals surface area contributed by atoms with E-state index in [-0.39, 0.29) is 12.4 Å². The Labute approximate surface area is 131 Å². The number of ketones is 1. The van der Waals surface area contributed by atoms with Crippen LogP contribution >= 0.6 is 0 Å². The lowest BCUT2D eigenvalue weighted by Crippen LogP contribution is -2.36. The van der Waals surface area contributed by atoms with Crippen LogP contribution in [0.15, 0.2) is 18.2 Å². The van der Waals surface area contributed by atoms with Crippen molar-refractivity contribution in [1.82, 2.24) is 5.32 Å².